The fourth-order valence-corrected chi connectivity index (χ4v) is 5.81. The molecule has 0 bridgehead atoms. The van der Waals surface area contributed by atoms with Crippen LogP contribution in [-0.2, 0) is 9.84 Å². The van der Waals surface area contributed by atoms with E-state index >= 15 is 0 Å². The molecule has 116 valence electrons. The molecule has 3 unspecified atom stereocenters. The van der Waals surface area contributed by atoms with E-state index in [2.05, 4.69) is 24.1 Å². The Labute approximate surface area is 123 Å². The van der Waals surface area contributed by atoms with Crippen LogP contribution in [0.3, 0.4) is 0 Å². The highest BCUT2D eigenvalue weighted by Gasteiger charge is 2.47. The molecule has 0 radical (unpaired) electrons. The van der Waals surface area contributed by atoms with Crippen molar-refractivity contribution >= 4 is 9.84 Å². The minimum absolute atomic E-state index is 0.201. The van der Waals surface area contributed by atoms with Gasteiger partial charge in [0, 0.05) is 30.7 Å². The molecule has 3 aliphatic rings. The second-order valence-corrected chi connectivity index (χ2v) is 9.45. The zero-order chi connectivity index (χ0) is 14.4. The Balaban J connectivity index is 1.76. The molecule has 1 saturated carbocycles. The van der Waals surface area contributed by atoms with E-state index in [1.54, 1.807) is 0 Å². The molecule has 0 aromatic rings. The number of hydrogen-bond donors (Lipinski definition) is 1. The molecule has 1 aliphatic carbocycles. The molecule has 20 heavy (non-hydrogen) atoms. The van der Waals surface area contributed by atoms with E-state index in [9.17, 15) is 8.42 Å². The molecule has 0 aromatic heterocycles. The molecule has 3 rings (SSSR count). The maximum Gasteiger partial charge on any atom is 0.151 e. The van der Waals surface area contributed by atoms with Crippen LogP contribution >= 0.6 is 0 Å². The lowest BCUT2D eigenvalue weighted by Gasteiger charge is -2.50. The average Bonchev–Trinajstić information content (AvgIpc) is 3.22. The Bertz CT molecular complexity index is 460. The third-order valence-corrected chi connectivity index (χ3v) is 7.38. The molecular formula is C15H28N2O2S. The highest BCUT2D eigenvalue weighted by molar-refractivity contribution is 7.91. The summed E-state index contributed by atoms with van der Waals surface area (Å²) in [5.74, 6) is 1.57. The lowest BCUT2D eigenvalue weighted by Crippen LogP contribution is -2.66. The van der Waals surface area contributed by atoms with Crippen molar-refractivity contribution in [2.24, 2.45) is 5.92 Å². The van der Waals surface area contributed by atoms with Crippen molar-refractivity contribution in [3.8, 4) is 0 Å². The Hall–Kier alpha value is -0.130. The van der Waals surface area contributed by atoms with Gasteiger partial charge in [-0.3, -0.25) is 4.90 Å². The van der Waals surface area contributed by atoms with Crippen LogP contribution in [0.5, 0.6) is 0 Å². The van der Waals surface area contributed by atoms with Crippen molar-refractivity contribution < 1.29 is 8.42 Å². The van der Waals surface area contributed by atoms with Gasteiger partial charge in [0.15, 0.2) is 9.84 Å². The fraction of sp³-hybridized carbons (Fsp3) is 1.00. The van der Waals surface area contributed by atoms with Crippen molar-refractivity contribution in [2.45, 2.75) is 63.6 Å². The van der Waals surface area contributed by atoms with Gasteiger partial charge in [-0.1, -0.05) is 6.92 Å². The summed E-state index contributed by atoms with van der Waals surface area (Å²) in [6, 6.07) is 0.749. The molecule has 2 saturated heterocycles. The summed E-state index contributed by atoms with van der Waals surface area (Å²) in [6.07, 6.45) is 5.66. The summed E-state index contributed by atoms with van der Waals surface area (Å²) in [5, 5.41) is 3.76. The Kier molecular flexibility index (Phi) is 3.89. The predicted molar refractivity (Wildman–Crippen MR) is 81.6 cm³/mol. The molecule has 0 amide bonds. The van der Waals surface area contributed by atoms with Crippen molar-refractivity contribution in [1.82, 2.24) is 10.2 Å². The van der Waals surface area contributed by atoms with Crippen LogP contribution in [0.1, 0.15) is 46.0 Å². The van der Waals surface area contributed by atoms with Crippen molar-refractivity contribution in [3.63, 3.8) is 0 Å². The van der Waals surface area contributed by atoms with Crippen LogP contribution in [0.2, 0.25) is 0 Å². The first-order valence-electron chi connectivity index (χ1n) is 8.15. The van der Waals surface area contributed by atoms with Gasteiger partial charge in [0.05, 0.1) is 11.5 Å². The van der Waals surface area contributed by atoms with E-state index < -0.39 is 9.84 Å². The van der Waals surface area contributed by atoms with Crippen LogP contribution in [-0.4, -0.2) is 55.5 Å². The first-order valence-corrected chi connectivity index (χ1v) is 9.97. The number of hydrogen-bond acceptors (Lipinski definition) is 4. The normalized spacial score (nSPS) is 42.5. The summed E-state index contributed by atoms with van der Waals surface area (Å²) < 4.78 is 23.9. The highest BCUT2D eigenvalue weighted by Crippen LogP contribution is 2.42. The van der Waals surface area contributed by atoms with E-state index in [1.807, 2.05) is 0 Å². The summed E-state index contributed by atoms with van der Waals surface area (Å²) in [4.78, 5) is 2.53. The summed E-state index contributed by atoms with van der Waals surface area (Å²) in [6.45, 7) is 6.59. The van der Waals surface area contributed by atoms with Crippen LogP contribution in [0.4, 0.5) is 0 Å². The van der Waals surface area contributed by atoms with Gasteiger partial charge in [-0.15, -0.1) is 0 Å². The topological polar surface area (TPSA) is 49.4 Å². The third kappa shape index (κ3) is 2.90. The maximum absolute atomic E-state index is 12.0. The molecule has 5 heteroatoms. The van der Waals surface area contributed by atoms with Crippen molar-refractivity contribution in [1.29, 1.82) is 0 Å². The van der Waals surface area contributed by atoms with E-state index in [4.69, 9.17) is 0 Å². The second kappa shape index (κ2) is 5.25. The van der Waals surface area contributed by atoms with Gasteiger partial charge >= 0.3 is 0 Å². The van der Waals surface area contributed by atoms with Crippen LogP contribution in [0.15, 0.2) is 0 Å². The molecule has 2 aliphatic heterocycles. The average molecular weight is 300 g/mol. The monoisotopic (exact) mass is 300 g/mol. The molecule has 3 fully saturated rings. The highest BCUT2D eigenvalue weighted by atomic mass is 32.2. The number of piperazine rings is 1. The summed E-state index contributed by atoms with van der Waals surface area (Å²) in [7, 11) is -2.82. The van der Waals surface area contributed by atoms with Gasteiger partial charge in [-0.25, -0.2) is 8.42 Å². The van der Waals surface area contributed by atoms with Gasteiger partial charge in [-0.05, 0) is 44.9 Å². The van der Waals surface area contributed by atoms with Crippen LogP contribution < -0.4 is 5.32 Å². The summed E-state index contributed by atoms with van der Waals surface area (Å²) >= 11 is 0. The number of rotatable bonds is 3. The van der Waals surface area contributed by atoms with Crippen LogP contribution in [0, 0.1) is 5.92 Å². The standard InChI is InChI=1S/C15H28N2O2S/c1-3-13-9-16-15(2,12-6-7-12)11-17(13)14-5-4-8-20(18,19)10-14/h12-14,16H,3-11H2,1-2H3. The lowest BCUT2D eigenvalue weighted by atomic mass is 9.89. The summed E-state index contributed by atoms with van der Waals surface area (Å²) in [5.41, 5.74) is 0.201. The third-order valence-electron chi connectivity index (χ3n) is 5.58. The number of nitrogens with one attached hydrogen (secondary N) is 1. The zero-order valence-corrected chi connectivity index (χ0v) is 13.6. The number of nitrogens with zero attached hydrogens (tertiary/aromatic N) is 1. The van der Waals surface area contributed by atoms with Crippen molar-refractivity contribution in [3.05, 3.63) is 0 Å². The van der Waals surface area contributed by atoms with E-state index in [0.717, 1.165) is 38.3 Å². The molecular weight excluding hydrogens is 272 g/mol. The Morgan fingerprint density at radius 2 is 2.05 bits per heavy atom. The minimum atomic E-state index is -2.82. The fourth-order valence-electron chi connectivity index (χ4n) is 4.09. The SMILES string of the molecule is CCC1CNC(C)(C2CC2)CN1C1CCCS(=O)(=O)C1. The van der Waals surface area contributed by atoms with Gasteiger partial charge in [0.25, 0.3) is 0 Å². The maximum atomic E-state index is 12.0. The molecule has 0 spiro atoms. The molecule has 0 aromatic carbocycles. The quantitative estimate of drug-likeness (QED) is 0.856. The molecule has 1 N–H and O–H groups in total. The van der Waals surface area contributed by atoms with Gasteiger partial charge in [-0.2, -0.15) is 0 Å². The van der Waals surface area contributed by atoms with Gasteiger partial charge in [0.2, 0.25) is 0 Å². The van der Waals surface area contributed by atoms with E-state index in [0.29, 0.717) is 17.5 Å². The Morgan fingerprint density at radius 3 is 2.65 bits per heavy atom. The first kappa shape index (κ1) is 14.8. The predicted octanol–water partition coefficient (Wildman–Crippen LogP) is 1.42. The molecule has 3 atom stereocenters. The smallest absolute Gasteiger partial charge is 0.151 e. The largest absolute Gasteiger partial charge is 0.308 e. The van der Waals surface area contributed by atoms with E-state index in [1.165, 1.54) is 12.8 Å². The first-order chi connectivity index (χ1) is 9.43. The molecule has 4 nitrogen and oxygen atoms in total. The number of sulfone groups is 1. The van der Waals surface area contributed by atoms with Crippen molar-refractivity contribution in [2.75, 3.05) is 24.6 Å². The second-order valence-electron chi connectivity index (χ2n) is 7.22. The lowest BCUT2D eigenvalue weighted by molar-refractivity contribution is 0.0392. The van der Waals surface area contributed by atoms with E-state index in [-0.39, 0.29) is 11.6 Å². The van der Waals surface area contributed by atoms with Gasteiger partial charge < -0.3 is 5.32 Å². The minimum Gasteiger partial charge on any atom is -0.308 e. The molecule has 2 heterocycles. The Morgan fingerprint density at radius 1 is 1.30 bits per heavy atom. The zero-order valence-electron chi connectivity index (χ0n) is 12.8. The van der Waals surface area contributed by atoms with Gasteiger partial charge in [0.1, 0.15) is 0 Å². The van der Waals surface area contributed by atoms with Crippen LogP contribution in [0.25, 0.3) is 0 Å².